The Morgan fingerprint density at radius 2 is 1.75 bits per heavy atom. The van der Waals surface area contributed by atoms with Crippen molar-refractivity contribution in [1.82, 2.24) is 25.2 Å². The van der Waals surface area contributed by atoms with Crippen LogP contribution in [0.3, 0.4) is 0 Å². The maximum Gasteiger partial charge on any atom is 0.410 e. The zero-order chi connectivity index (χ0) is 34.3. The molecule has 2 saturated carbocycles. The molecule has 0 spiro atoms. The van der Waals surface area contributed by atoms with Crippen molar-refractivity contribution < 1.29 is 28.7 Å². The lowest BCUT2D eigenvalue weighted by Crippen LogP contribution is -2.48. The monoisotopic (exact) mass is 661 g/mol. The number of hydrogen-bond acceptors (Lipinski definition) is 10. The van der Waals surface area contributed by atoms with E-state index in [-0.39, 0.29) is 43.7 Å². The van der Waals surface area contributed by atoms with Crippen LogP contribution in [0.4, 0.5) is 15.3 Å². The number of carbonyl (C=O) groups excluding carboxylic acids is 3. The van der Waals surface area contributed by atoms with Crippen LogP contribution < -0.4 is 11.1 Å². The van der Waals surface area contributed by atoms with Crippen molar-refractivity contribution in [3.63, 3.8) is 0 Å². The summed E-state index contributed by atoms with van der Waals surface area (Å²) in [5.41, 5.74) is 9.12. The smallest absolute Gasteiger partial charge is 0.410 e. The first kappa shape index (κ1) is 34.8. The number of carbonyl (C=O) groups is 3. The standard InChI is InChI=1S/C35H47N7O6/c1-5-14-42(46-16-15-41(27-8-6-9-27)34(45)47-28-10-7-11-28)32(43)25-17-24-13-12-23(18-29(24)40-30(36)19-25)26-20-37-31(38-21-26)22-39-33(44)48-35(2,3)4/h12-13,17-18,20-21,27-28H,5-11,14-16,19,22H2,1-4H3,(H2,36,40)(H,39,44). The number of amidine groups is 1. The fourth-order valence-electron chi connectivity index (χ4n) is 5.43. The third-order valence-electron chi connectivity index (χ3n) is 8.40. The van der Waals surface area contributed by atoms with Crippen LogP contribution in [0.15, 0.2) is 41.2 Å². The Balaban J connectivity index is 1.23. The molecule has 3 amide bonds. The normalized spacial score (nSPS) is 16.2. The van der Waals surface area contributed by atoms with Gasteiger partial charge in [-0.2, -0.15) is 0 Å². The van der Waals surface area contributed by atoms with E-state index in [1.807, 2.05) is 25.1 Å². The minimum absolute atomic E-state index is 0.0149. The molecule has 0 unspecified atom stereocenters. The number of aliphatic imine (C=N–C) groups is 1. The predicted molar refractivity (Wildman–Crippen MR) is 181 cm³/mol. The van der Waals surface area contributed by atoms with Crippen molar-refractivity contribution in [1.29, 1.82) is 0 Å². The van der Waals surface area contributed by atoms with Crippen LogP contribution >= 0.6 is 0 Å². The van der Waals surface area contributed by atoms with Gasteiger partial charge in [0, 0.05) is 48.1 Å². The number of ether oxygens (including phenoxy) is 2. The van der Waals surface area contributed by atoms with E-state index in [0.29, 0.717) is 42.4 Å². The molecule has 0 bridgehead atoms. The molecule has 0 radical (unpaired) electrons. The quantitative estimate of drug-likeness (QED) is 0.274. The van der Waals surface area contributed by atoms with E-state index in [1.165, 1.54) is 5.06 Å². The van der Waals surface area contributed by atoms with E-state index >= 15 is 0 Å². The molecule has 1 aliphatic heterocycles. The zero-order valence-electron chi connectivity index (χ0n) is 28.4. The topological polar surface area (TPSA) is 162 Å². The van der Waals surface area contributed by atoms with Gasteiger partial charge in [0.1, 0.15) is 23.4 Å². The Morgan fingerprint density at radius 3 is 2.38 bits per heavy atom. The molecule has 1 aromatic heterocycles. The molecule has 3 aliphatic rings. The number of amides is 3. The first-order valence-electron chi connectivity index (χ1n) is 16.9. The average Bonchev–Trinajstić information content (AvgIpc) is 3.16. The van der Waals surface area contributed by atoms with Gasteiger partial charge in [0.15, 0.2) is 0 Å². The summed E-state index contributed by atoms with van der Waals surface area (Å²) in [5.74, 6) is 0.454. The summed E-state index contributed by atoms with van der Waals surface area (Å²) >= 11 is 0. The van der Waals surface area contributed by atoms with E-state index in [9.17, 15) is 14.4 Å². The van der Waals surface area contributed by atoms with E-state index in [1.54, 1.807) is 44.1 Å². The molecule has 0 saturated heterocycles. The Morgan fingerprint density at radius 1 is 1.02 bits per heavy atom. The number of nitrogens with zero attached hydrogens (tertiary/aromatic N) is 5. The highest BCUT2D eigenvalue weighted by atomic mass is 16.7. The Labute approximate surface area is 281 Å². The number of hydroxylamine groups is 2. The molecular formula is C35H47N7O6. The zero-order valence-corrected chi connectivity index (χ0v) is 28.4. The number of nitrogens with two attached hydrogens (primary N) is 1. The van der Waals surface area contributed by atoms with Crippen LogP contribution in [-0.4, -0.2) is 81.3 Å². The van der Waals surface area contributed by atoms with E-state index in [0.717, 1.165) is 55.2 Å². The molecule has 2 fully saturated rings. The van der Waals surface area contributed by atoms with Crippen LogP contribution in [0.1, 0.15) is 90.4 Å². The van der Waals surface area contributed by atoms with Gasteiger partial charge in [-0.1, -0.05) is 19.1 Å². The number of nitrogens with one attached hydrogen (secondary N) is 1. The van der Waals surface area contributed by atoms with Crippen LogP contribution in [0, 0.1) is 0 Å². The highest BCUT2D eigenvalue weighted by molar-refractivity contribution is 6.05. The Hall–Kier alpha value is -4.52. The molecule has 3 N–H and O–H groups in total. The number of rotatable bonds is 12. The second kappa shape index (κ2) is 15.6. The summed E-state index contributed by atoms with van der Waals surface area (Å²) in [4.78, 5) is 59.7. The molecule has 2 heterocycles. The van der Waals surface area contributed by atoms with Gasteiger partial charge in [-0.3, -0.25) is 9.63 Å². The first-order valence-corrected chi connectivity index (χ1v) is 16.9. The molecule has 13 heteroatoms. The van der Waals surface area contributed by atoms with Crippen LogP contribution in [-0.2, 0) is 25.7 Å². The number of benzene rings is 1. The van der Waals surface area contributed by atoms with Gasteiger partial charge in [-0.15, -0.1) is 0 Å². The highest BCUT2D eigenvalue weighted by Crippen LogP contribution is 2.32. The number of hydrogen-bond donors (Lipinski definition) is 2. The molecule has 13 nitrogen and oxygen atoms in total. The highest BCUT2D eigenvalue weighted by Gasteiger charge is 2.33. The summed E-state index contributed by atoms with van der Waals surface area (Å²) in [5, 5.41) is 4.02. The average molecular weight is 662 g/mol. The summed E-state index contributed by atoms with van der Waals surface area (Å²) in [6.45, 7) is 8.41. The van der Waals surface area contributed by atoms with Crippen LogP contribution in [0.5, 0.6) is 0 Å². The maximum absolute atomic E-state index is 13.7. The molecule has 0 atom stereocenters. The van der Waals surface area contributed by atoms with Crippen molar-refractivity contribution in [3.8, 4) is 11.1 Å². The van der Waals surface area contributed by atoms with Crippen LogP contribution in [0.25, 0.3) is 17.2 Å². The van der Waals surface area contributed by atoms with Gasteiger partial charge >= 0.3 is 12.2 Å². The van der Waals surface area contributed by atoms with Crippen molar-refractivity contribution in [2.24, 2.45) is 10.7 Å². The first-order chi connectivity index (χ1) is 23.0. The Bertz CT molecular complexity index is 1530. The lowest BCUT2D eigenvalue weighted by Gasteiger charge is -2.38. The van der Waals surface area contributed by atoms with Crippen LogP contribution in [0.2, 0.25) is 0 Å². The van der Waals surface area contributed by atoms with Gasteiger partial charge in [-0.05, 0) is 83.4 Å². The van der Waals surface area contributed by atoms with Crippen molar-refractivity contribution in [3.05, 3.63) is 47.6 Å². The van der Waals surface area contributed by atoms with Crippen molar-refractivity contribution >= 4 is 35.7 Å². The lowest BCUT2D eigenvalue weighted by atomic mass is 9.91. The number of alkyl carbamates (subject to hydrolysis) is 1. The molecule has 2 aliphatic carbocycles. The fraction of sp³-hybridized carbons (Fsp3) is 0.543. The van der Waals surface area contributed by atoms with Crippen molar-refractivity contribution in [2.75, 3.05) is 19.7 Å². The molecule has 48 heavy (non-hydrogen) atoms. The van der Waals surface area contributed by atoms with E-state index < -0.39 is 11.7 Å². The summed E-state index contributed by atoms with van der Waals surface area (Å²) in [7, 11) is 0. The SMILES string of the molecule is CCCN(OCCN(C(=O)OC1CCC1)C1CCC1)C(=O)C1=Cc2ccc(-c3cnc(CNC(=O)OC(C)(C)C)nc3)cc2N=C(N)C1. The minimum atomic E-state index is -0.595. The minimum Gasteiger partial charge on any atom is -0.446 e. The number of aromatic nitrogens is 2. The molecule has 2 aromatic rings. The Kier molecular flexibility index (Phi) is 11.3. The molecule has 1 aromatic carbocycles. The number of fused-ring (bicyclic) bond motifs is 1. The fourth-order valence-corrected chi connectivity index (χ4v) is 5.43. The maximum atomic E-state index is 13.7. The summed E-state index contributed by atoms with van der Waals surface area (Å²) in [6.07, 6.45) is 11.1. The molecular weight excluding hydrogens is 614 g/mol. The van der Waals surface area contributed by atoms with Gasteiger partial charge < -0.3 is 25.4 Å². The summed E-state index contributed by atoms with van der Waals surface area (Å²) < 4.78 is 10.9. The van der Waals surface area contributed by atoms with Gasteiger partial charge in [0.2, 0.25) is 0 Å². The lowest BCUT2D eigenvalue weighted by molar-refractivity contribution is -0.184. The van der Waals surface area contributed by atoms with E-state index in [2.05, 4.69) is 20.3 Å². The summed E-state index contributed by atoms with van der Waals surface area (Å²) in [6, 6.07) is 5.82. The van der Waals surface area contributed by atoms with Gasteiger partial charge in [0.25, 0.3) is 5.91 Å². The third kappa shape index (κ3) is 9.30. The predicted octanol–water partition coefficient (Wildman–Crippen LogP) is 5.66. The van der Waals surface area contributed by atoms with Gasteiger partial charge in [-0.25, -0.2) is 29.6 Å². The largest absolute Gasteiger partial charge is 0.446 e. The molecule has 5 rings (SSSR count). The van der Waals surface area contributed by atoms with Crippen molar-refractivity contribution in [2.45, 2.75) is 103 Å². The van der Waals surface area contributed by atoms with E-state index in [4.69, 9.17) is 20.0 Å². The second-order valence-corrected chi connectivity index (χ2v) is 13.4. The van der Waals surface area contributed by atoms with Gasteiger partial charge in [0.05, 0.1) is 25.4 Å². The molecule has 258 valence electrons. The second-order valence-electron chi connectivity index (χ2n) is 13.4. The third-order valence-corrected chi connectivity index (χ3v) is 8.40.